The van der Waals surface area contributed by atoms with Gasteiger partial charge in [-0.1, -0.05) is 11.6 Å². The zero-order valence-corrected chi connectivity index (χ0v) is 11.7. The summed E-state index contributed by atoms with van der Waals surface area (Å²) in [5, 5.41) is 3.49. The molecule has 0 amide bonds. The van der Waals surface area contributed by atoms with Gasteiger partial charge in [0.25, 0.3) is 0 Å². The van der Waals surface area contributed by atoms with Crippen LogP contribution in [-0.4, -0.2) is 27.1 Å². The lowest BCUT2D eigenvalue weighted by Gasteiger charge is -2.25. The normalized spacial score (nSPS) is 19.6. The Hall–Kier alpha value is -0.130. The molecule has 17 heavy (non-hydrogen) atoms. The zero-order chi connectivity index (χ0) is 12.3. The van der Waals surface area contributed by atoms with E-state index in [9.17, 15) is 0 Å². The van der Waals surface area contributed by atoms with Crippen LogP contribution in [-0.2, 0) is 15.9 Å². The molecule has 0 saturated heterocycles. The van der Waals surface area contributed by atoms with E-state index >= 15 is 0 Å². The fourth-order valence-electron chi connectivity index (χ4n) is 2.23. The van der Waals surface area contributed by atoms with E-state index in [0.717, 1.165) is 17.2 Å². The largest absolute Gasteiger partial charge is 0.355 e. The predicted molar refractivity (Wildman–Crippen MR) is 70.8 cm³/mol. The molecule has 1 N–H and O–H groups in total. The Balaban J connectivity index is 1.98. The summed E-state index contributed by atoms with van der Waals surface area (Å²) in [6.07, 6.45) is 3.34. The standard InChI is InChI=1S/C12H18ClNO2S/c1-15-12(16-2)7-14-9-4-3-5-10-8(9)6-11(13)17-10/h6,9,12,14H,3-5,7H2,1-2H3. The molecule has 1 atom stereocenters. The fraction of sp³-hybridized carbons (Fsp3) is 0.667. The summed E-state index contributed by atoms with van der Waals surface area (Å²) in [4.78, 5) is 1.42. The van der Waals surface area contributed by atoms with Gasteiger partial charge in [-0.05, 0) is 30.9 Å². The highest BCUT2D eigenvalue weighted by molar-refractivity contribution is 7.16. The highest BCUT2D eigenvalue weighted by Gasteiger charge is 2.23. The molecular formula is C12H18ClNO2S. The van der Waals surface area contributed by atoms with Crippen LogP contribution in [0.5, 0.6) is 0 Å². The smallest absolute Gasteiger partial charge is 0.169 e. The van der Waals surface area contributed by atoms with Crippen LogP contribution < -0.4 is 5.32 Å². The van der Waals surface area contributed by atoms with Crippen molar-refractivity contribution in [2.75, 3.05) is 20.8 Å². The predicted octanol–water partition coefficient (Wildman–Crippen LogP) is 2.99. The van der Waals surface area contributed by atoms with E-state index in [2.05, 4.69) is 11.4 Å². The number of hydrogen-bond acceptors (Lipinski definition) is 4. The lowest BCUT2D eigenvalue weighted by Crippen LogP contribution is -2.33. The third kappa shape index (κ3) is 3.20. The average molecular weight is 276 g/mol. The van der Waals surface area contributed by atoms with E-state index in [1.165, 1.54) is 16.9 Å². The highest BCUT2D eigenvalue weighted by Crippen LogP contribution is 2.37. The van der Waals surface area contributed by atoms with Crippen LogP contribution in [0.4, 0.5) is 0 Å². The van der Waals surface area contributed by atoms with Crippen molar-refractivity contribution >= 4 is 22.9 Å². The first-order valence-electron chi connectivity index (χ1n) is 5.81. The van der Waals surface area contributed by atoms with E-state index < -0.39 is 0 Å². The molecule has 0 bridgehead atoms. The molecule has 96 valence electrons. The van der Waals surface area contributed by atoms with Crippen LogP contribution in [0, 0.1) is 0 Å². The third-order valence-electron chi connectivity index (χ3n) is 3.14. The zero-order valence-electron chi connectivity index (χ0n) is 10.2. The lowest BCUT2D eigenvalue weighted by molar-refractivity contribution is -0.100. The second-order valence-corrected chi connectivity index (χ2v) is 5.95. The maximum atomic E-state index is 6.07. The van der Waals surface area contributed by atoms with E-state index in [1.54, 1.807) is 25.6 Å². The van der Waals surface area contributed by atoms with Crippen molar-refractivity contribution in [1.29, 1.82) is 0 Å². The van der Waals surface area contributed by atoms with Crippen molar-refractivity contribution in [3.63, 3.8) is 0 Å². The first-order chi connectivity index (χ1) is 8.24. The van der Waals surface area contributed by atoms with Gasteiger partial charge in [0.1, 0.15) is 0 Å². The quantitative estimate of drug-likeness (QED) is 0.838. The molecule has 0 aromatic carbocycles. The van der Waals surface area contributed by atoms with E-state index in [4.69, 9.17) is 21.1 Å². The maximum Gasteiger partial charge on any atom is 0.169 e. The molecule has 0 saturated carbocycles. The Morgan fingerprint density at radius 1 is 1.53 bits per heavy atom. The monoisotopic (exact) mass is 275 g/mol. The minimum atomic E-state index is -0.186. The number of rotatable bonds is 5. The Bertz CT molecular complexity index is 365. The molecule has 1 aliphatic rings. The Morgan fingerprint density at radius 3 is 3.00 bits per heavy atom. The van der Waals surface area contributed by atoms with Crippen molar-refractivity contribution in [2.45, 2.75) is 31.6 Å². The summed E-state index contributed by atoms with van der Waals surface area (Å²) in [6.45, 7) is 0.699. The van der Waals surface area contributed by atoms with Crippen molar-refractivity contribution in [3.8, 4) is 0 Å². The minimum absolute atomic E-state index is 0.186. The van der Waals surface area contributed by atoms with Gasteiger partial charge >= 0.3 is 0 Å². The second-order valence-electron chi connectivity index (χ2n) is 4.18. The van der Waals surface area contributed by atoms with Crippen LogP contribution >= 0.6 is 22.9 Å². The van der Waals surface area contributed by atoms with Crippen LogP contribution in [0.1, 0.15) is 29.3 Å². The summed E-state index contributed by atoms with van der Waals surface area (Å²) < 4.78 is 11.2. The van der Waals surface area contributed by atoms with Crippen molar-refractivity contribution in [2.24, 2.45) is 0 Å². The molecule has 1 aromatic heterocycles. The van der Waals surface area contributed by atoms with Crippen molar-refractivity contribution < 1.29 is 9.47 Å². The maximum absolute atomic E-state index is 6.07. The molecule has 1 aliphatic carbocycles. The average Bonchev–Trinajstić information content (AvgIpc) is 2.71. The molecule has 2 rings (SSSR count). The van der Waals surface area contributed by atoms with Crippen LogP contribution in [0.3, 0.4) is 0 Å². The number of aryl methyl sites for hydroxylation is 1. The first kappa shape index (κ1) is 13.3. The number of fused-ring (bicyclic) bond motifs is 1. The molecular weight excluding hydrogens is 258 g/mol. The third-order valence-corrected chi connectivity index (χ3v) is 4.48. The molecule has 0 aliphatic heterocycles. The van der Waals surface area contributed by atoms with Crippen LogP contribution in [0.25, 0.3) is 0 Å². The summed E-state index contributed by atoms with van der Waals surface area (Å²) in [6, 6.07) is 2.47. The Kier molecular flexibility index (Phi) is 4.82. The van der Waals surface area contributed by atoms with E-state index in [1.807, 2.05) is 0 Å². The molecule has 3 nitrogen and oxygen atoms in total. The Morgan fingerprint density at radius 2 is 2.29 bits per heavy atom. The van der Waals surface area contributed by atoms with Gasteiger partial charge in [0.15, 0.2) is 6.29 Å². The highest BCUT2D eigenvalue weighted by atomic mass is 35.5. The van der Waals surface area contributed by atoms with Gasteiger partial charge in [-0.25, -0.2) is 0 Å². The number of hydrogen-bond donors (Lipinski definition) is 1. The Labute approximate surface area is 111 Å². The van der Waals surface area contributed by atoms with Gasteiger partial charge < -0.3 is 14.8 Å². The van der Waals surface area contributed by atoms with Crippen LogP contribution in [0.2, 0.25) is 4.34 Å². The van der Waals surface area contributed by atoms with Crippen molar-refractivity contribution in [3.05, 3.63) is 20.8 Å². The topological polar surface area (TPSA) is 30.5 Å². The van der Waals surface area contributed by atoms with Gasteiger partial charge in [-0.3, -0.25) is 0 Å². The van der Waals surface area contributed by atoms with Gasteiger partial charge in [0.05, 0.1) is 4.34 Å². The van der Waals surface area contributed by atoms with E-state index in [-0.39, 0.29) is 6.29 Å². The van der Waals surface area contributed by atoms with E-state index in [0.29, 0.717) is 12.6 Å². The van der Waals surface area contributed by atoms with Crippen LogP contribution in [0.15, 0.2) is 6.07 Å². The SMILES string of the molecule is COC(CNC1CCCc2sc(Cl)cc21)OC. The first-order valence-corrected chi connectivity index (χ1v) is 7.01. The van der Waals surface area contributed by atoms with Crippen molar-refractivity contribution in [1.82, 2.24) is 5.32 Å². The van der Waals surface area contributed by atoms with Gasteiger partial charge in [-0.2, -0.15) is 0 Å². The summed E-state index contributed by atoms with van der Waals surface area (Å²) in [7, 11) is 3.31. The fourth-order valence-corrected chi connectivity index (χ4v) is 3.62. The molecule has 0 fully saturated rings. The van der Waals surface area contributed by atoms with Gasteiger partial charge in [0, 0.05) is 31.7 Å². The number of ether oxygens (including phenoxy) is 2. The molecule has 5 heteroatoms. The summed E-state index contributed by atoms with van der Waals surface area (Å²) >= 11 is 7.78. The molecule has 0 radical (unpaired) electrons. The lowest BCUT2D eigenvalue weighted by atomic mass is 9.94. The molecule has 1 aromatic rings. The van der Waals surface area contributed by atoms with Gasteiger partial charge in [0.2, 0.25) is 0 Å². The molecule has 1 heterocycles. The summed E-state index contributed by atoms with van der Waals surface area (Å²) in [5.74, 6) is 0. The number of methoxy groups -OCH3 is 2. The second kappa shape index (κ2) is 6.16. The van der Waals surface area contributed by atoms with Gasteiger partial charge in [-0.15, -0.1) is 11.3 Å². The summed E-state index contributed by atoms with van der Waals surface area (Å²) in [5.41, 5.74) is 1.36. The molecule has 1 unspecified atom stereocenters. The number of halogens is 1. The number of nitrogens with one attached hydrogen (secondary N) is 1. The minimum Gasteiger partial charge on any atom is -0.355 e. The number of thiophene rings is 1. The molecule has 0 spiro atoms.